The van der Waals surface area contributed by atoms with Gasteiger partial charge in [0.05, 0.1) is 12.8 Å². The van der Waals surface area contributed by atoms with Crippen molar-refractivity contribution in [2.24, 2.45) is 0 Å². The van der Waals surface area contributed by atoms with Gasteiger partial charge in [-0.1, -0.05) is 40.2 Å². The number of hydrogen-bond acceptors (Lipinski definition) is 3. The van der Waals surface area contributed by atoms with Crippen LogP contribution in [0.1, 0.15) is 0 Å². The van der Waals surface area contributed by atoms with Crippen LogP contribution in [0.2, 0.25) is 0 Å². The first-order valence-corrected chi connectivity index (χ1v) is 7.79. The van der Waals surface area contributed by atoms with Gasteiger partial charge in [-0.3, -0.25) is 0 Å². The van der Waals surface area contributed by atoms with Crippen LogP contribution in [0.3, 0.4) is 0 Å². The Morgan fingerprint density at radius 1 is 1.05 bits per heavy atom. The molecular weight excluding hydrogens is 334 g/mol. The van der Waals surface area contributed by atoms with E-state index in [0.717, 1.165) is 32.1 Å². The molecule has 20 heavy (non-hydrogen) atoms. The molecule has 0 radical (unpaired) electrons. The van der Waals surface area contributed by atoms with Crippen molar-refractivity contribution in [2.75, 3.05) is 7.11 Å². The molecule has 0 bridgehead atoms. The molecule has 0 atom stereocenters. The summed E-state index contributed by atoms with van der Waals surface area (Å²) in [6, 6.07) is 16.1. The SMILES string of the molecule is COc1cccc(-c2nc(-c3cccc(Br)c3)cs2)c1. The van der Waals surface area contributed by atoms with Gasteiger partial charge in [0.1, 0.15) is 10.8 Å². The highest BCUT2D eigenvalue weighted by Gasteiger charge is 2.07. The Kier molecular flexibility index (Phi) is 3.85. The quantitative estimate of drug-likeness (QED) is 0.646. The number of hydrogen-bond donors (Lipinski definition) is 0. The zero-order valence-corrected chi connectivity index (χ0v) is 13.2. The summed E-state index contributed by atoms with van der Waals surface area (Å²) < 4.78 is 6.32. The number of rotatable bonds is 3. The number of halogens is 1. The number of methoxy groups -OCH3 is 1. The number of nitrogens with zero attached hydrogens (tertiary/aromatic N) is 1. The molecule has 4 heteroatoms. The van der Waals surface area contributed by atoms with Gasteiger partial charge >= 0.3 is 0 Å². The van der Waals surface area contributed by atoms with Gasteiger partial charge in [0.25, 0.3) is 0 Å². The van der Waals surface area contributed by atoms with Gasteiger partial charge < -0.3 is 4.74 Å². The van der Waals surface area contributed by atoms with Gasteiger partial charge in [-0.05, 0) is 24.3 Å². The van der Waals surface area contributed by atoms with E-state index < -0.39 is 0 Å². The molecule has 0 aliphatic carbocycles. The van der Waals surface area contributed by atoms with E-state index >= 15 is 0 Å². The van der Waals surface area contributed by atoms with Gasteiger partial charge in [-0.2, -0.15) is 0 Å². The maximum absolute atomic E-state index is 5.25. The minimum Gasteiger partial charge on any atom is -0.497 e. The molecule has 1 heterocycles. The van der Waals surface area contributed by atoms with Gasteiger partial charge in [0.15, 0.2) is 0 Å². The first kappa shape index (κ1) is 13.3. The number of aromatic nitrogens is 1. The zero-order valence-electron chi connectivity index (χ0n) is 10.8. The summed E-state index contributed by atoms with van der Waals surface area (Å²) in [6.45, 7) is 0. The predicted octanol–water partition coefficient (Wildman–Crippen LogP) is 5.25. The normalized spacial score (nSPS) is 10.5. The van der Waals surface area contributed by atoms with E-state index in [2.05, 4.69) is 33.4 Å². The van der Waals surface area contributed by atoms with E-state index in [-0.39, 0.29) is 0 Å². The summed E-state index contributed by atoms with van der Waals surface area (Å²) in [5.74, 6) is 0.849. The zero-order chi connectivity index (χ0) is 13.9. The molecule has 3 rings (SSSR count). The fraction of sp³-hybridized carbons (Fsp3) is 0.0625. The van der Waals surface area contributed by atoms with Crippen LogP contribution in [0.25, 0.3) is 21.8 Å². The molecule has 0 unspecified atom stereocenters. The lowest BCUT2D eigenvalue weighted by Crippen LogP contribution is -1.83. The molecule has 0 aliphatic rings. The van der Waals surface area contributed by atoms with Crippen LogP contribution in [0.15, 0.2) is 58.4 Å². The minimum absolute atomic E-state index is 0.849. The Labute approximate surface area is 130 Å². The highest BCUT2D eigenvalue weighted by molar-refractivity contribution is 9.10. The maximum Gasteiger partial charge on any atom is 0.124 e. The van der Waals surface area contributed by atoms with Crippen LogP contribution in [-0.2, 0) is 0 Å². The second kappa shape index (κ2) is 5.77. The average Bonchev–Trinajstić information content (AvgIpc) is 2.97. The summed E-state index contributed by atoms with van der Waals surface area (Å²) in [5.41, 5.74) is 3.19. The molecule has 0 saturated heterocycles. The van der Waals surface area contributed by atoms with E-state index in [1.807, 2.05) is 36.4 Å². The monoisotopic (exact) mass is 345 g/mol. The van der Waals surface area contributed by atoms with Crippen LogP contribution in [0.4, 0.5) is 0 Å². The van der Waals surface area contributed by atoms with Crippen molar-refractivity contribution in [3.63, 3.8) is 0 Å². The molecule has 0 aliphatic heterocycles. The van der Waals surface area contributed by atoms with Gasteiger partial charge in [0.2, 0.25) is 0 Å². The lowest BCUT2D eigenvalue weighted by molar-refractivity contribution is 0.415. The van der Waals surface area contributed by atoms with Crippen molar-refractivity contribution in [3.05, 3.63) is 58.4 Å². The van der Waals surface area contributed by atoms with Crippen LogP contribution in [0, 0.1) is 0 Å². The first-order chi connectivity index (χ1) is 9.76. The molecule has 0 spiro atoms. The summed E-state index contributed by atoms with van der Waals surface area (Å²) in [4.78, 5) is 4.71. The Hall–Kier alpha value is -1.65. The third kappa shape index (κ3) is 2.76. The summed E-state index contributed by atoms with van der Waals surface area (Å²) in [7, 11) is 1.67. The van der Waals surface area contributed by atoms with Crippen LogP contribution in [0.5, 0.6) is 5.75 Å². The molecule has 2 nitrogen and oxygen atoms in total. The van der Waals surface area contributed by atoms with Crippen molar-refractivity contribution in [2.45, 2.75) is 0 Å². The smallest absolute Gasteiger partial charge is 0.124 e. The third-order valence-corrected chi connectivity index (χ3v) is 4.33. The van der Waals surface area contributed by atoms with E-state index in [4.69, 9.17) is 9.72 Å². The lowest BCUT2D eigenvalue weighted by Gasteiger charge is -2.01. The Morgan fingerprint density at radius 3 is 2.65 bits per heavy atom. The van der Waals surface area contributed by atoms with Crippen LogP contribution < -0.4 is 4.74 Å². The van der Waals surface area contributed by atoms with E-state index in [9.17, 15) is 0 Å². The van der Waals surface area contributed by atoms with Crippen molar-refractivity contribution in [3.8, 4) is 27.6 Å². The highest BCUT2D eigenvalue weighted by atomic mass is 79.9. The van der Waals surface area contributed by atoms with Crippen LogP contribution >= 0.6 is 27.3 Å². The summed E-state index contributed by atoms with van der Waals surface area (Å²) >= 11 is 5.13. The molecule has 0 saturated carbocycles. The number of benzene rings is 2. The topological polar surface area (TPSA) is 22.1 Å². The predicted molar refractivity (Wildman–Crippen MR) is 87.2 cm³/mol. The van der Waals surface area contributed by atoms with E-state index in [1.54, 1.807) is 18.4 Å². The van der Waals surface area contributed by atoms with Crippen molar-refractivity contribution >= 4 is 27.3 Å². The fourth-order valence-electron chi connectivity index (χ4n) is 1.94. The lowest BCUT2D eigenvalue weighted by atomic mass is 10.2. The van der Waals surface area contributed by atoms with Crippen molar-refractivity contribution in [1.29, 1.82) is 0 Å². The molecule has 0 amide bonds. The first-order valence-electron chi connectivity index (χ1n) is 6.12. The van der Waals surface area contributed by atoms with Crippen molar-refractivity contribution < 1.29 is 4.74 Å². The average molecular weight is 346 g/mol. The molecule has 1 aromatic heterocycles. The number of ether oxygens (including phenoxy) is 1. The maximum atomic E-state index is 5.25. The minimum atomic E-state index is 0.849. The Morgan fingerprint density at radius 2 is 1.85 bits per heavy atom. The molecule has 100 valence electrons. The van der Waals surface area contributed by atoms with Crippen LogP contribution in [-0.4, -0.2) is 12.1 Å². The highest BCUT2D eigenvalue weighted by Crippen LogP contribution is 2.31. The van der Waals surface area contributed by atoms with E-state index in [1.165, 1.54) is 0 Å². The molecule has 2 aromatic carbocycles. The second-order valence-electron chi connectivity index (χ2n) is 4.28. The molecule has 3 aromatic rings. The number of thiazole rings is 1. The Bertz CT molecular complexity index is 739. The van der Waals surface area contributed by atoms with Gasteiger partial charge in [-0.15, -0.1) is 11.3 Å². The summed E-state index contributed by atoms with van der Waals surface area (Å²) in [6.07, 6.45) is 0. The Balaban J connectivity index is 1.97. The van der Waals surface area contributed by atoms with Gasteiger partial charge in [-0.25, -0.2) is 4.98 Å². The molecule has 0 fully saturated rings. The fourth-order valence-corrected chi connectivity index (χ4v) is 3.17. The standard InChI is InChI=1S/C16H12BrNOS/c1-19-14-7-3-5-12(9-14)16-18-15(10-20-16)11-4-2-6-13(17)8-11/h2-10H,1H3. The largest absolute Gasteiger partial charge is 0.497 e. The summed E-state index contributed by atoms with van der Waals surface area (Å²) in [5, 5.41) is 3.08. The van der Waals surface area contributed by atoms with Crippen molar-refractivity contribution in [1.82, 2.24) is 4.98 Å². The second-order valence-corrected chi connectivity index (χ2v) is 6.05. The van der Waals surface area contributed by atoms with Gasteiger partial charge in [0, 0.05) is 21.0 Å². The molecule has 0 N–H and O–H groups in total. The van der Waals surface area contributed by atoms with E-state index in [0.29, 0.717) is 0 Å². The molecular formula is C16H12BrNOS. The third-order valence-electron chi connectivity index (χ3n) is 2.94.